The van der Waals surface area contributed by atoms with Gasteiger partial charge in [-0.3, -0.25) is 4.79 Å². The SMILES string of the molecule is Cc1cccc(CNC(=O)c2ccc(F)cc2Cl)c1. The molecule has 0 bridgehead atoms. The molecule has 0 fully saturated rings. The van der Waals surface area contributed by atoms with Crippen LogP contribution < -0.4 is 5.32 Å². The molecule has 4 heteroatoms. The summed E-state index contributed by atoms with van der Waals surface area (Å²) >= 11 is 5.83. The molecular weight excluding hydrogens is 265 g/mol. The summed E-state index contributed by atoms with van der Waals surface area (Å²) in [6.07, 6.45) is 0. The molecule has 2 nitrogen and oxygen atoms in total. The number of rotatable bonds is 3. The van der Waals surface area contributed by atoms with E-state index >= 15 is 0 Å². The molecule has 2 aromatic carbocycles. The van der Waals surface area contributed by atoms with Gasteiger partial charge in [-0.2, -0.15) is 0 Å². The lowest BCUT2D eigenvalue weighted by Crippen LogP contribution is -2.23. The van der Waals surface area contributed by atoms with Gasteiger partial charge in [-0.15, -0.1) is 0 Å². The van der Waals surface area contributed by atoms with Crippen LogP contribution in [0.5, 0.6) is 0 Å². The maximum absolute atomic E-state index is 12.9. The lowest BCUT2D eigenvalue weighted by atomic mass is 10.1. The minimum atomic E-state index is -0.458. The van der Waals surface area contributed by atoms with E-state index in [1.807, 2.05) is 31.2 Å². The molecule has 0 saturated heterocycles. The minimum Gasteiger partial charge on any atom is -0.348 e. The molecule has 0 aliphatic rings. The zero-order chi connectivity index (χ0) is 13.8. The van der Waals surface area contributed by atoms with Crippen LogP contribution in [0.1, 0.15) is 21.5 Å². The number of nitrogens with one attached hydrogen (secondary N) is 1. The van der Waals surface area contributed by atoms with Gasteiger partial charge < -0.3 is 5.32 Å². The van der Waals surface area contributed by atoms with Crippen LogP contribution in [-0.2, 0) is 6.54 Å². The van der Waals surface area contributed by atoms with Crippen molar-refractivity contribution in [3.8, 4) is 0 Å². The second kappa shape index (κ2) is 5.85. The highest BCUT2D eigenvalue weighted by Crippen LogP contribution is 2.17. The molecule has 0 radical (unpaired) electrons. The van der Waals surface area contributed by atoms with E-state index in [9.17, 15) is 9.18 Å². The third-order valence-corrected chi connectivity index (χ3v) is 3.02. The summed E-state index contributed by atoms with van der Waals surface area (Å²) in [5.41, 5.74) is 2.41. The first-order valence-electron chi connectivity index (χ1n) is 5.85. The number of amides is 1. The van der Waals surface area contributed by atoms with E-state index in [0.717, 1.165) is 17.2 Å². The second-order valence-electron chi connectivity index (χ2n) is 4.30. The Kier molecular flexibility index (Phi) is 4.17. The Bertz CT molecular complexity index is 613. The third-order valence-electron chi connectivity index (χ3n) is 2.71. The summed E-state index contributed by atoms with van der Waals surface area (Å²) in [4.78, 5) is 11.9. The quantitative estimate of drug-likeness (QED) is 0.910. The summed E-state index contributed by atoms with van der Waals surface area (Å²) in [5, 5.41) is 2.87. The Morgan fingerprint density at radius 2 is 2.05 bits per heavy atom. The van der Waals surface area contributed by atoms with Crippen LogP contribution in [0.25, 0.3) is 0 Å². The van der Waals surface area contributed by atoms with Crippen LogP contribution in [-0.4, -0.2) is 5.91 Å². The molecule has 2 aromatic rings. The first-order chi connectivity index (χ1) is 9.06. The Morgan fingerprint density at radius 3 is 2.74 bits per heavy atom. The van der Waals surface area contributed by atoms with Gasteiger partial charge in [0.1, 0.15) is 5.82 Å². The summed E-state index contributed by atoms with van der Waals surface area (Å²) in [5.74, 6) is -0.772. The highest BCUT2D eigenvalue weighted by atomic mass is 35.5. The van der Waals surface area contributed by atoms with Gasteiger partial charge in [0.2, 0.25) is 0 Å². The van der Waals surface area contributed by atoms with E-state index in [0.29, 0.717) is 6.54 Å². The van der Waals surface area contributed by atoms with Crippen molar-refractivity contribution in [1.82, 2.24) is 5.32 Å². The van der Waals surface area contributed by atoms with E-state index in [1.165, 1.54) is 12.1 Å². The predicted molar refractivity (Wildman–Crippen MR) is 73.8 cm³/mol. The Labute approximate surface area is 116 Å². The fourth-order valence-corrected chi connectivity index (χ4v) is 2.03. The number of halogens is 2. The fraction of sp³-hybridized carbons (Fsp3) is 0.133. The van der Waals surface area contributed by atoms with Crippen molar-refractivity contribution >= 4 is 17.5 Å². The average molecular weight is 278 g/mol. The first-order valence-corrected chi connectivity index (χ1v) is 6.23. The lowest BCUT2D eigenvalue weighted by Gasteiger charge is -2.07. The van der Waals surface area contributed by atoms with Crippen LogP contribution in [0.2, 0.25) is 5.02 Å². The maximum Gasteiger partial charge on any atom is 0.253 e. The van der Waals surface area contributed by atoms with Crippen molar-refractivity contribution in [2.45, 2.75) is 13.5 Å². The van der Waals surface area contributed by atoms with Crippen molar-refractivity contribution in [2.24, 2.45) is 0 Å². The molecule has 0 saturated carbocycles. The van der Waals surface area contributed by atoms with E-state index in [1.54, 1.807) is 0 Å². The van der Waals surface area contributed by atoms with Gasteiger partial charge in [-0.1, -0.05) is 41.4 Å². The maximum atomic E-state index is 12.9. The molecule has 0 aliphatic heterocycles. The van der Waals surface area contributed by atoms with Gasteiger partial charge in [0, 0.05) is 6.54 Å². The van der Waals surface area contributed by atoms with E-state index < -0.39 is 5.82 Å². The highest BCUT2D eigenvalue weighted by molar-refractivity contribution is 6.33. The Balaban J connectivity index is 2.05. The van der Waals surface area contributed by atoms with Crippen LogP contribution in [0.15, 0.2) is 42.5 Å². The van der Waals surface area contributed by atoms with Crippen LogP contribution in [0.4, 0.5) is 4.39 Å². The van der Waals surface area contributed by atoms with Crippen molar-refractivity contribution in [1.29, 1.82) is 0 Å². The number of hydrogen-bond acceptors (Lipinski definition) is 1. The number of carbonyl (C=O) groups is 1. The number of aryl methyl sites for hydroxylation is 1. The van der Waals surface area contributed by atoms with E-state index in [-0.39, 0.29) is 16.5 Å². The van der Waals surface area contributed by atoms with E-state index in [2.05, 4.69) is 5.32 Å². The normalized spacial score (nSPS) is 10.3. The predicted octanol–water partition coefficient (Wildman–Crippen LogP) is 3.72. The standard InChI is InChI=1S/C15H13ClFNO/c1-10-3-2-4-11(7-10)9-18-15(19)13-6-5-12(17)8-14(13)16/h2-8H,9H2,1H3,(H,18,19). The van der Waals surface area contributed by atoms with Crippen molar-refractivity contribution in [3.05, 3.63) is 70.0 Å². The second-order valence-corrected chi connectivity index (χ2v) is 4.70. The molecule has 1 amide bonds. The number of benzene rings is 2. The van der Waals surface area contributed by atoms with E-state index in [4.69, 9.17) is 11.6 Å². The molecule has 19 heavy (non-hydrogen) atoms. The van der Waals surface area contributed by atoms with Gasteiger partial charge in [0.25, 0.3) is 5.91 Å². The zero-order valence-electron chi connectivity index (χ0n) is 10.4. The number of carbonyl (C=O) groups excluding carboxylic acids is 1. The lowest BCUT2D eigenvalue weighted by molar-refractivity contribution is 0.0951. The van der Waals surface area contributed by atoms with Crippen molar-refractivity contribution < 1.29 is 9.18 Å². The van der Waals surface area contributed by atoms with Gasteiger partial charge in [0.15, 0.2) is 0 Å². The molecule has 0 heterocycles. The molecule has 0 aromatic heterocycles. The molecule has 0 unspecified atom stereocenters. The molecule has 98 valence electrons. The Hall–Kier alpha value is -1.87. The largest absolute Gasteiger partial charge is 0.348 e. The Morgan fingerprint density at radius 1 is 1.26 bits per heavy atom. The van der Waals surface area contributed by atoms with Gasteiger partial charge in [-0.05, 0) is 30.7 Å². The average Bonchev–Trinajstić information content (AvgIpc) is 2.36. The van der Waals surface area contributed by atoms with Crippen LogP contribution in [0.3, 0.4) is 0 Å². The number of hydrogen-bond donors (Lipinski definition) is 1. The monoisotopic (exact) mass is 277 g/mol. The highest BCUT2D eigenvalue weighted by Gasteiger charge is 2.10. The van der Waals surface area contributed by atoms with Crippen LogP contribution >= 0.6 is 11.6 Å². The molecular formula is C15H13ClFNO. The van der Waals surface area contributed by atoms with Crippen molar-refractivity contribution in [3.63, 3.8) is 0 Å². The summed E-state index contributed by atoms with van der Waals surface area (Å²) in [6, 6.07) is 11.6. The molecule has 2 rings (SSSR count). The molecule has 0 aliphatic carbocycles. The smallest absolute Gasteiger partial charge is 0.253 e. The summed E-state index contributed by atoms with van der Waals surface area (Å²) in [6.45, 7) is 2.40. The van der Waals surface area contributed by atoms with Gasteiger partial charge >= 0.3 is 0 Å². The molecule has 0 atom stereocenters. The first kappa shape index (κ1) is 13.6. The van der Waals surface area contributed by atoms with Crippen molar-refractivity contribution in [2.75, 3.05) is 0 Å². The van der Waals surface area contributed by atoms with Crippen LogP contribution in [0, 0.1) is 12.7 Å². The third kappa shape index (κ3) is 3.55. The fourth-order valence-electron chi connectivity index (χ4n) is 1.77. The summed E-state index contributed by atoms with van der Waals surface area (Å²) in [7, 11) is 0. The minimum absolute atomic E-state index is 0.113. The van der Waals surface area contributed by atoms with Gasteiger partial charge in [0.05, 0.1) is 10.6 Å². The zero-order valence-corrected chi connectivity index (χ0v) is 11.2. The topological polar surface area (TPSA) is 29.1 Å². The van der Waals surface area contributed by atoms with Gasteiger partial charge in [-0.25, -0.2) is 4.39 Å². The summed E-state index contributed by atoms with van der Waals surface area (Å²) < 4.78 is 12.9. The molecule has 0 spiro atoms. The molecule has 1 N–H and O–H groups in total.